The maximum atomic E-state index is 5.23. The molecule has 1 aliphatic rings. The molecule has 0 bridgehead atoms. The minimum Gasteiger partial charge on any atom is -0.497 e. The Bertz CT molecular complexity index is 539. The van der Waals surface area contributed by atoms with Gasteiger partial charge in [0.25, 0.3) is 0 Å². The third kappa shape index (κ3) is 2.83. The molecule has 2 aromatic rings. The van der Waals surface area contributed by atoms with Crippen LogP contribution in [0.15, 0.2) is 48.8 Å². The van der Waals surface area contributed by atoms with Gasteiger partial charge < -0.3 is 4.74 Å². The van der Waals surface area contributed by atoms with E-state index in [2.05, 4.69) is 46.3 Å². The first-order chi connectivity index (χ1) is 9.86. The van der Waals surface area contributed by atoms with Gasteiger partial charge in [0.05, 0.1) is 7.11 Å². The van der Waals surface area contributed by atoms with Crippen molar-refractivity contribution in [2.75, 3.05) is 13.7 Å². The molecular weight excluding hydrogens is 248 g/mol. The number of aromatic nitrogens is 1. The van der Waals surface area contributed by atoms with Crippen molar-refractivity contribution >= 4 is 0 Å². The van der Waals surface area contributed by atoms with Gasteiger partial charge in [-0.1, -0.05) is 12.1 Å². The normalized spacial score (nSPS) is 19.1. The van der Waals surface area contributed by atoms with Crippen molar-refractivity contribution in [1.29, 1.82) is 0 Å². The SMILES string of the molecule is COc1ccc(C2CCCN2Cc2ccncc2)cc1. The Morgan fingerprint density at radius 3 is 2.60 bits per heavy atom. The highest BCUT2D eigenvalue weighted by Gasteiger charge is 2.25. The highest BCUT2D eigenvalue weighted by Crippen LogP contribution is 2.33. The Labute approximate surface area is 120 Å². The Hall–Kier alpha value is -1.87. The number of hydrogen-bond acceptors (Lipinski definition) is 3. The van der Waals surface area contributed by atoms with Crippen molar-refractivity contribution < 1.29 is 4.74 Å². The van der Waals surface area contributed by atoms with E-state index in [0.29, 0.717) is 6.04 Å². The largest absolute Gasteiger partial charge is 0.497 e. The highest BCUT2D eigenvalue weighted by molar-refractivity contribution is 5.29. The van der Waals surface area contributed by atoms with Gasteiger partial charge in [0.2, 0.25) is 0 Å². The summed E-state index contributed by atoms with van der Waals surface area (Å²) in [5.74, 6) is 0.924. The van der Waals surface area contributed by atoms with Crippen molar-refractivity contribution in [3.05, 3.63) is 59.9 Å². The van der Waals surface area contributed by atoms with Crippen LogP contribution in [0.1, 0.15) is 30.0 Å². The highest BCUT2D eigenvalue weighted by atomic mass is 16.5. The molecule has 104 valence electrons. The summed E-state index contributed by atoms with van der Waals surface area (Å²) >= 11 is 0. The number of rotatable bonds is 4. The summed E-state index contributed by atoms with van der Waals surface area (Å²) in [5, 5.41) is 0. The first-order valence-electron chi connectivity index (χ1n) is 7.14. The molecule has 0 N–H and O–H groups in total. The van der Waals surface area contributed by atoms with Crippen molar-refractivity contribution in [1.82, 2.24) is 9.88 Å². The molecule has 1 atom stereocenters. The lowest BCUT2D eigenvalue weighted by atomic mass is 10.0. The average molecular weight is 268 g/mol. The number of hydrogen-bond donors (Lipinski definition) is 0. The maximum Gasteiger partial charge on any atom is 0.118 e. The average Bonchev–Trinajstić information content (AvgIpc) is 2.96. The zero-order valence-electron chi connectivity index (χ0n) is 11.8. The number of ether oxygens (including phenoxy) is 1. The molecule has 2 heterocycles. The molecule has 1 aromatic carbocycles. The summed E-state index contributed by atoms with van der Waals surface area (Å²) in [4.78, 5) is 6.64. The van der Waals surface area contributed by atoms with Gasteiger partial charge in [-0.2, -0.15) is 0 Å². The van der Waals surface area contributed by atoms with Gasteiger partial charge in [-0.15, -0.1) is 0 Å². The monoisotopic (exact) mass is 268 g/mol. The van der Waals surface area contributed by atoms with Crippen LogP contribution in [0.4, 0.5) is 0 Å². The standard InChI is InChI=1S/C17H20N2O/c1-20-16-6-4-15(5-7-16)17-3-2-12-19(17)13-14-8-10-18-11-9-14/h4-11,17H,2-3,12-13H2,1H3. The number of benzene rings is 1. The van der Waals surface area contributed by atoms with Crippen LogP contribution < -0.4 is 4.74 Å². The topological polar surface area (TPSA) is 25.4 Å². The van der Waals surface area contributed by atoms with Crippen LogP contribution >= 0.6 is 0 Å². The predicted molar refractivity (Wildman–Crippen MR) is 79.6 cm³/mol. The van der Waals surface area contributed by atoms with Crippen molar-refractivity contribution in [3.63, 3.8) is 0 Å². The lowest BCUT2D eigenvalue weighted by molar-refractivity contribution is 0.248. The van der Waals surface area contributed by atoms with Crippen LogP contribution in [0.5, 0.6) is 5.75 Å². The number of likely N-dealkylation sites (tertiary alicyclic amines) is 1. The number of nitrogens with zero attached hydrogens (tertiary/aromatic N) is 2. The van der Waals surface area contributed by atoms with Crippen LogP contribution in [-0.4, -0.2) is 23.5 Å². The van der Waals surface area contributed by atoms with E-state index in [1.165, 1.54) is 30.5 Å². The second-order valence-corrected chi connectivity index (χ2v) is 5.26. The van der Waals surface area contributed by atoms with Gasteiger partial charge in [0.1, 0.15) is 5.75 Å². The third-order valence-electron chi connectivity index (χ3n) is 4.00. The van der Waals surface area contributed by atoms with Gasteiger partial charge in [0, 0.05) is 25.0 Å². The first-order valence-corrected chi connectivity index (χ1v) is 7.14. The van der Waals surface area contributed by atoms with E-state index >= 15 is 0 Å². The molecule has 0 spiro atoms. The molecule has 3 nitrogen and oxygen atoms in total. The maximum absolute atomic E-state index is 5.23. The molecule has 0 aliphatic carbocycles. The third-order valence-corrected chi connectivity index (χ3v) is 4.00. The smallest absolute Gasteiger partial charge is 0.118 e. The fraction of sp³-hybridized carbons (Fsp3) is 0.353. The first kappa shape index (κ1) is 13.1. The Kier molecular flexibility index (Phi) is 3.97. The van der Waals surface area contributed by atoms with Crippen LogP contribution in [-0.2, 0) is 6.54 Å². The number of methoxy groups -OCH3 is 1. The van der Waals surface area contributed by atoms with Crippen LogP contribution in [0.2, 0.25) is 0 Å². The molecule has 0 radical (unpaired) electrons. The summed E-state index contributed by atoms with van der Waals surface area (Å²) in [6.07, 6.45) is 6.24. The van der Waals surface area contributed by atoms with E-state index in [9.17, 15) is 0 Å². The van der Waals surface area contributed by atoms with Crippen molar-refractivity contribution in [3.8, 4) is 5.75 Å². The fourth-order valence-electron chi connectivity index (χ4n) is 2.94. The second kappa shape index (κ2) is 6.06. The van der Waals surface area contributed by atoms with Gasteiger partial charge in [0.15, 0.2) is 0 Å². The zero-order valence-corrected chi connectivity index (χ0v) is 11.8. The van der Waals surface area contributed by atoms with E-state index in [4.69, 9.17) is 4.74 Å². The fourth-order valence-corrected chi connectivity index (χ4v) is 2.94. The van der Waals surface area contributed by atoms with E-state index in [1.54, 1.807) is 7.11 Å². The molecule has 0 amide bonds. The van der Waals surface area contributed by atoms with E-state index in [1.807, 2.05) is 12.4 Å². The lowest BCUT2D eigenvalue weighted by Crippen LogP contribution is -2.22. The Balaban J connectivity index is 1.74. The zero-order chi connectivity index (χ0) is 13.8. The van der Waals surface area contributed by atoms with Gasteiger partial charge in [-0.3, -0.25) is 9.88 Å². The lowest BCUT2D eigenvalue weighted by Gasteiger charge is -2.25. The molecular formula is C17H20N2O. The minimum atomic E-state index is 0.522. The minimum absolute atomic E-state index is 0.522. The van der Waals surface area contributed by atoms with Crippen LogP contribution in [0.25, 0.3) is 0 Å². The number of pyridine rings is 1. The van der Waals surface area contributed by atoms with Gasteiger partial charge >= 0.3 is 0 Å². The summed E-state index contributed by atoms with van der Waals surface area (Å²) in [6.45, 7) is 2.16. The quantitative estimate of drug-likeness (QED) is 0.849. The van der Waals surface area contributed by atoms with E-state index in [-0.39, 0.29) is 0 Å². The van der Waals surface area contributed by atoms with Gasteiger partial charge in [-0.25, -0.2) is 0 Å². The predicted octanol–water partition coefficient (Wildman–Crippen LogP) is 3.43. The Morgan fingerprint density at radius 1 is 1.15 bits per heavy atom. The molecule has 1 fully saturated rings. The van der Waals surface area contributed by atoms with E-state index in [0.717, 1.165) is 12.3 Å². The summed E-state index contributed by atoms with van der Waals surface area (Å²) in [7, 11) is 1.71. The molecule has 3 heteroatoms. The molecule has 3 rings (SSSR count). The molecule has 1 aromatic heterocycles. The van der Waals surface area contributed by atoms with Gasteiger partial charge in [-0.05, 0) is 54.8 Å². The molecule has 1 aliphatic heterocycles. The Morgan fingerprint density at radius 2 is 1.90 bits per heavy atom. The molecule has 1 saturated heterocycles. The molecule has 1 unspecified atom stereocenters. The van der Waals surface area contributed by atoms with Crippen LogP contribution in [0, 0.1) is 0 Å². The van der Waals surface area contributed by atoms with Crippen molar-refractivity contribution in [2.45, 2.75) is 25.4 Å². The van der Waals surface area contributed by atoms with E-state index < -0.39 is 0 Å². The summed E-state index contributed by atoms with van der Waals surface area (Å²) in [5.41, 5.74) is 2.72. The molecule has 0 saturated carbocycles. The summed E-state index contributed by atoms with van der Waals surface area (Å²) < 4.78 is 5.23. The van der Waals surface area contributed by atoms with Crippen LogP contribution in [0.3, 0.4) is 0 Å². The molecule has 20 heavy (non-hydrogen) atoms. The van der Waals surface area contributed by atoms with Crippen molar-refractivity contribution in [2.24, 2.45) is 0 Å². The summed E-state index contributed by atoms with van der Waals surface area (Å²) in [6, 6.07) is 13.2. The second-order valence-electron chi connectivity index (χ2n) is 5.26.